The van der Waals surface area contributed by atoms with Crippen LogP contribution in [-0.4, -0.2) is 47.5 Å². The van der Waals surface area contributed by atoms with Gasteiger partial charge in [-0.15, -0.1) is 0 Å². The molecule has 2 aromatic carbocycles. The molecule has 0 fully saturated rings. The van der Waals surface area contributed by atoms with E-state index in [-0.39, 0.29) is 36.7 Å². The minimum Gasteiger partial charge on any atom is -0.487 e. The number of Topliss-reactive ketones (excluding diaryl/α,β-unsaturated/α-hetero) is 1. The Bertz CT molecular complexity index is 982. The fraction of sp³-hybridized carbons (Fsp3) is 0.261. The van der Waals surface area contributed by atoms with E-state index in [2.05, 4.69) is 6.58 Å². The Hall–Kier alpha value is -3.43. The molecule has 5 N–H and O–H groups in total. The van der Waals surface area contributed by atoms with Crippen molar-refractivity contribution in [3.05, 3.63) is 89.9 Å². The summed E-state index contributed by atoms with van der Waals surface area (Å²) in [5.41, 5.74) is 4.85. The third kappa shape index (κ3) is 6.79. The van der Waals surface area contributed by atoms with E-state index in [1.807, 2.05) is 0 Å². The highest BCUT2D eigenvalue weighted by atomic mass is 19.1. The molecule has 0 spiro atoms. The molecule has 0 heterocycles. The van der Waals surface area contributed by atoms with Crippen molar-refractivity contribution < 1.29 is 23.4 Å². The molecule has 0 radical (unpaired) electrons. The second kappa shape index (κ2) is 10.7. The highest BCUT2D eigenvalue weighted by Crippen LogP contribution is 2.27. The van der Waals surface area contributed by atoms with Gasteiger partial charge in [-0.3, -0.25) is 4.79 Å². The molecular formula is C23H28F2N4O3. The molecule has 172 valence electrons. The zero-order valence-corrected chi connectivity index (χ0v) is 18.1. The highest BCUT2D eigenvalue weighted by Gasteiger charge is 2.34. The van der Waals surface area contributed by atoms with Crippen LogP contribution in [-0.2, 0) is 5.60 Å². The van der Waals surface area contributed by atoms with E-state index in [1.165, 1.54) is 25.4 Å². The van der Waals surface area contributed by atoms with Crippen molar-refractivity contribution in [3.63, 3.8) is 0 Å². The number of carbonyl (C=O) groups is 1. The summed E-state index contributed by atoms with van der Waals surface area (Å²) < 4.78 is 33.3. The standard InChI is InChI=1S/C23H28F2N4O3/c1-4-28(3)14-23(31,21-10-7-18(24)11-22(21)25)15-29(27)12-19(26)13-32-20-8-5-17(6-9-20)16(2)30/h4-12,31H,1,13-15,26-27H2,2-3H3/b19-12-. The number of aliphatic hydroxyl groups is 1. The SMILES string of the molecule is C=CN(C)CC(O)(CN(N)/C=C(\N)COc1ccc(C(C)=O)cc1)c1ccc(F)cc1F. The van der Waals surface area contributed by atoms with Crippen LogP contribution in [0.15, 0.2) is 67.1 Å². The zero-order valence-electron chi connectivity index (χ0n) is 18.1. The molecular weight excluding hydrogens is 418 g/mol. The van der Waals surface area contributed by atoms with E-state index < -0.39 is 17.2 Å². The predicted molar refractivity (Wildman–Crippen MR) is 118 cm³/mol. The summed E-state index contributed by atoms with van der Waals surface area (Å²) in [6.07, 6.45) is 2.81. The van der Waals surface area contributed by atoms with E-state index in [0.717, 1.165) is 11.1 Å². The molecule has 0 amide bonds. The first-order chi connectivity index (χ1) is 15.0. The lowest BCUT2D eigenvalue weighted by Crippen LogP contribution is -2.48. The maximum atomic E-state index is 14.4. The Morgan fingerprint density at radius 3 is 2.44 bits per heavy atom. The number of carbonyl (C=O) groups excluding carboxylic acids is 1. The Labute approximate surface area is 186 Å². The third-order valence-corrected chi connectivity index (χ3v) is 4.70. The summed E-state index contributed by atoms with van der Waals surface area (Å²) in [5, 5.41) is 12.3. The second-order valence-electron chi connectivity index (χ2n) is 7.50. The quantitative estimate of drug-likeness (QED) is 0.277. The number of hydrazine groups is 1. The Morgan fingerprint density at radius 2 is 1.88 bits per heavy atom. The van der Waals surface area contributed by atoms with Crippen molar-refractivity contribution in [1.29, 1.82) is 0 Å². The maximum Gasteiger partial charge on any atom is 0.159 e. The van der Waals surface area contributed by atoms with Crippen LogP contribution in [0.5, 0.6) is 5.75 Å². The van der Waals surface area contributed by atoms with Gasteiger partial charge >= 0.3 is 0 Å². The monoisotopic (exact) mass is 446 g/mol. The lowest BCUT2D eigenvalue weighted by atomic mass is 9.92. The lowest BCUT2D eigenvalue weighted by Gasteiger charge is -2.35. The van der Waals surface area contributed by atoms with Gasteiger partial charge in [0, 0.05) is 30.4 Å². The summed E-state index contributed by atoms with van der Waals surface area (Å²) in [4.78, 5) is 12.9. The third-order valence-electron chi connectivity index (χ3n) is 4.70. The minimum absolute atomic E-state index is 0.0109. The molecule has 1 unspecified atom stereocenters. The summed E-state index contributed by atoms with van der Waals surface area (Å²) in [6, 6.07) is 9.51. The van der Waals surface area contributed by atoms with Crippen LogP contribution in [0.1, 0.15) is 22.8 Å². The molecule has 0 saturated carbocycles. The number of nitrogens with two attached hydrogens (primary N) is 2. The van der Waals surface area contributed by atoms with Crippen molar-refractivity contribution in [3.8, 4) is 5.75 Å². The van der Waals surface area contributed by atoms with Crippen molar-refractivity contribution in [2.45, 2.75) is 12.5 Å². The number of likely N-dealkylation sites (N-methyl/N-ethyl adjacent to an activating group) is 1. The second-order valence-corrected chi connectivity index (χ2v) is 7.50. The molecule has 0 saturated heterocycles. The van der Waals surface area contributed by atoms with Gasteiger partial charge < -0.3 is 25.5 Å². The number of rotatable bonds is 11. The largest absolute Gasteiger partial charge is 0.487 e. The van der Waals surface area contributed by atoms with Crippen molar-refractivity contribution in [1.82, 2.24) is 9.91 Å². The van der Waals surface area contributed by atoms with E-state index in [9.17, 15) is 18.7 Å². The first-order valence-electron chi connectivity index (χ1n) is 9.76. The Balaban J connectivity index is 2.12. The van der Waals surface area contributed by atoms with Crippen LogP contribution >= 0.6 is 0 Å². The molecule has 9 heteroatoms. The zero-order chi connectivity index (χ0) is 23.9. The van der Waals surface area contributed by atoms with Gasteiger partial charge in [-0.2, -0.15) is 0 Å². The van der Waals surface area contributed by atoms with Crippen LogP contribution in [0, 0.1) is 11.6 Å². The molecule has 2 rings (SSSR count). The van der Waals surface area contributed by atoms with Crippen LogP contribution in [0.25, 0.3) is 0 Å². The molecule has 0 aliphatic heterocycles. The smallest absolute Gasteiger partial charge is 0.159 e. The fourth-order valence-corrected chi connectivity index (χ4v) is 3.11. The number of halogens is 2. The maximum absolute atomic E-state index is 14.4. The average Bonchev–Trinajstić information content (AvgIpc) is 2.71. The first kappa shape index (κ1) is 24.8. The Kier molecular flexibility index (Phi) is 8.34. The van der Waals surface area contributed by atoms with Gasteiger partial charge in [-0.25, -0.2) is 14.6 Å². The van der Waals surface area contributed by atoms with Crippen LogP contribution in [0.4, 0.5) is 8.78 Å². The Morgan fingerprint density at radius 1 is 1.22 bits per heavy atom. The minimum atomic E-state index is -1.80. The average molecular weight is 446 g/mol. The molecule has 2 aromatic rings. The van der Waals surface area contributed by atoms with Crippen molar-refractivity contribution in [2.24, 2.45) is 11.6 Å². The number of benzene rings is 2. The van der Waals surface area contributed by atoms with Crippen LogP contribution in [0.3, 0.4) is 0 Å². The van der Waals surface area contributed by atoms with Gasteiger partial charge in [0.05, 0.1) is 18.8 Å². The molecule has 0 aliphatic carbocycles. The molecule has 32 heavy (non-hydrogen) atoms. The van der Waals surface area contributed by atoms with Gasteiger partial charge in [0.25, 0.3) is 0 Å². The number of hydrogen-bond donors (Lipinski definition) is 3. The first-order valence-corrected chi connectivity index (χ1v) is 9.76. The summed E-state index contributed by atoms with van der Waals surface area (Å²) in [5.74, 6) is 4.80. The lowest BCUT2D eigenvalue weighted by molar-refractivity contribution is -0.0100. The van der Waals surface area contributed by atoms with Gasteiger partial charge in [-0.1, -0.05) is 12.6 Å². The summed E-state index contributed by atoms with van der Waals surface area (Å²) in [6.45, 7) is 4.77. The molecule has 0 aromatic heterocycles. The van der Waals surface area contributed by atoms with Gasteiger partial charge in [0.2, 0.25) is 0 Å². The van der Waals surface area contributed by atoms with Gasteiger partial charge in [0.15, 0.2) is 5.78 Å². The van der Waals surface area contributed by atoms with E-state index >= 15 is 0 Å². The number of hydrogen-bond acceptors (Lipinski definition) is 7. The number of nitrogens with zero attached hydrogens (tertiary/aromatic N) is 2. The van der Waals surface area contributed by atoms with Crippen molar-refractivity contribution >= 4 is 5.78 Å². The normalized spacial score (nSPS) is 13.2. The highest BCUT2D eigenvalue weighted by molar-refractivity contribution is 5.94. The number of ether oxygens (including phenoxy) is 1. The molecule has 7 nitrogen and oxygen atoms in total. The van der Waals surface area contributed by atoms with Crippen molar-refractivity contribution in [2.75, 3.05) is 26.7 Å². The van der Waals surface area contributed by atoms with Crippen LogP contribution < -0.4 is 16.3 Å². The summed E-state index contributed by atoms with van der Waals surface area (Å²) >= 11 is 0. The van der Waals surface area contributed by atoms with E-state index in [1.54, 1.807) is 36.2 Å². The topological polar surface area (TPSA) is 105 Å². The molecule has 1 atom stereocenters. The van der Waals surface area contributed by atoms with Crippen LogP contribution in [0.2, 0.25) is 0 Å². The number of ketones is 1. The van der Waals surface area contributed by atoms with E-state index in [0.29, 0.717) is 17.4 Å². The fourth-order valence-electron chi connectivity index (χ4n) is 3.11. The molecule has 0 aliphatic rings. The van der Waals surface area contributed by atoms with Gasteiger partial charge in [-0.05, 0) is 43.5 Å². The summed E-state index contributed by atoms with van der Waals surface area (Å²) in [7, 11) is 1.65. The van der Waals surface area contributed by atoms with Gasteiger partial charge in [0.1, 0.15) is 29.6 Å². The predicted octanol–water partition coefficient (Wildman–Crippen LogP) is 2.49. The van der Waals surface area contributed by atoms with E-state index in [4.69, 9.17) is 16.3 Å². The molecule has 0 bridgehead atoms.